The zero-order chi connectivity index (χ0) is 18.4. The van der Waals surface area contributed by atoms with Crippen molar-refractivity contribution < 1.29 is 14.3 Å². The van der Waals surface area contributed by atoms with E-state index in [-0.39, 0.29) is 17.4 Å². The molecule has 0 bridgehead atoms. The molecule has 6 heteroatoms. The summed E-state index contributed by atoms with van der Waals surface area (Å²) in [5.74, 6) is 0.0665. The maximum absolute atomic E-state index is 12.4. The van der Waals surface area contributed by atoms with E-state index in [1.807, 2.05) is 13.0 Å². The van der Waals surface area contributed by atoms with Crippen LogP contribution in [0.5, 0.6) is 0 Å². The van der Waals surface area contributed by atoms with Gasteiger partial charge < -0.3 is 15.0 Å². The van der Waals surface area contributed by atoms with Crippen molar-refractivity contribution in [3.63, 3.8) is 0 Å². The molecule has 2 aliphatic rings. The van der Waals surface area contributed by atoms with Crippen molar-refractivity contribution in [1.82, 2.24) is 15.1 Å². The normalized spacial score (nSPS) is 19.5. The van der Waals surface area contributed by atoms with E-state index in [1.54, 1.807) is 4.90 Å². The number of benzene rings is 1. The van der Waals surface area contributed by atoms with Crippen LogP contribution in [0.25, 0.3) is 0 Å². The highest BCUT2D eigenvalue weighted by Gasteiger charge is 2.38. The molecule has 1 saturated carbocycles. The fourth-order valence-electron chi connectivity index (χ4n) is 3.79. The lowest BCUT2D eigenvalue weighted by Crippen LogP contribution is -2.52. The first-order valence-corrected chi connectivity index (χ1v) is 9.59. The van der Waals surface area contributed by atoms with Crippen LogP contribution in [0.1, 0.15) is 31.7 Å². The van der Waals surface area contributed by atoms with Crippen molar-refractivity contribution >= 4 is 12.0 Å². The van der Waals surface area contributed by atoms with E-state index in [9.17, 15) is 9.59 Å². The topological polar surface area (TPSA) is 61.9 Å². The van der Waals surface area contributed by atoms with Gasteiger partial charge in [0.05, 0.1) is 13.2 Å². The molecule has 2 fully saturated rings. The maximum Gasteiger partial charge on any atom is 0.409 e. The van der Waals surface area contributed by atoms with Crippen LogP contribution in [0.3, 0.4) is 0 Å². The first-order valence-electron chi connectivity index (χ1n) is 9.59. The van der Waals surface area contributed by atoms with Crippen molar-refractivity contribution in [3.05, 3.63) is 35.9 Å². The third-order valence-corrected chi connectivity index (χ3v) is 5.59. The van der Waals surface area contributed by atoms with Gasteiger partial charge >= 0.3 is 6.09 Å². The van der Waals surface area contributed by atoms with Crippen LogP contribution in [0.4, 0.5) is 4.79 Å². The van der Waals surface area contributed by atoms with Gasteiger partial charge in [-0.15, -0.1) is 0 Å². The minimum atomic E-state index is -0.258. The van der Waals surface area contributed by atoms with Gasteiger partial charge in [0.25, 0.3) is 0 Å². The molecule has 0 spiro atoms. The highest BCUT2D eigenvalue weighted by molar-refractivity contribution is 5.78. The standard InChI is InChI=1S/C20H29N3O3/c1-2-26-19(25)23-13-11-22(12-14-23)15-18(24)21-16-20(9-6-10-20)17-7-4-3-5-8-17/h3-5,7-8H,2,6,9-16H2,1H3,(H,21,24). The molecule has 0 radical (unpaired) electrons. The molecule has 6 nitrogen and oxygen atoms in total. The second-order valence-electron chi connectivity index (χ2n) is 7.24. The second-order valence-corrected chi connectivity index (χ2v) is 7.24. The van der Waals surface area contributed by atoms with Crippen LogP contribution in [-0.4, -0.2) is 67.7 Å². The minimum Gasteiger partial charge on any atom is -0.450 e. The van der Waals surface area contributed by atoms with Gasteiger partial charge in [-0.25, -0.2) is 4.79 Å². The van der Waals surface area contributed by atoms with E-state index in [2.05, 4.69) is 34.5 Å². The average molecular weight is 359 g/mol. The molecule has 1 aliphatic heterocycles. The van der Waals surface area contributed by atoms with Gasteiger partial charge in [-0.05, 0) is 25.3 Å². The number of rotatable bonds is 6. The average Bonchev–Trinajstić information content (AvgIpc) is 2.62. The molecule has 1 heterocycles. The molecule has 1 saturated heterocycles. The molecule has 1 N–H and O–H groups in total. The van der Waals surface area contributed by atoms with Crippen LogP contribution >= 0.6 is 0 Å². The number of piperazine rings is 1. The number of nitrogens with one attached hydrogen (secondary N) is 1. The Labute approximate surface area is 155 Å². The Kier molecular flexibility index (Phi) is 6.14. The Morgan fingerprint density at radius 3 is 2.38 bits per heavy atom. The number of carbonyl (C=O) groups excluding carboxylic acids is 2. The zero-order valence-corrected chi connectivity index (χ0v) is 15.6. The van der Waals surface area contributed by atoms with E-state index in [4.69, 9.17) is 4.74 Å². The molecular formula is C20H29N3O3. The minimum absolute atomic E-state index is 0.0665. The molecule has 1 aromatic rings. The molecule has 26 heavy (non-hydrogen) atoms. The number of hydrogen-bond acceptors (Lipinski definition) is 4. The van der Waals surface area contributed by atoms with Gasteiger partial charge in [-0.1, -0.05) is 36.8 Å². The van der Waals surface area contributed by atoms with E-state index >= 15 is 0 Å². The van der Waals surface area contributed by atoms with Crippen LogP contribution < -0.4 is 5.32 Å². The van der Waals surface area contributed by atoms with E-state index in [0.29, 0.717) is 45.9 Å². The lowest BCUT2D eigenvalue weighted by Gasteiger charge is -2.43. The summed E-state index contributed by atoms with van der Waals surface area (Å²) in [6, 6.07) is 10.5. The first-order chi connectivity index (χ1) is 12.6. The summed E-state index contributed by atoms with van der Waals surface area (Å²) in [6.07, 6.45) is 3.23. The smallest absolute Gasteiger partial charge is 0.409 e. The summed E-state index contributed by atoms with van der Waals surface area (Å²) >= 11 is 0. The predicted molar refractivity (Wildman–Crippen MR) is 100 cm³/mol. The number of amides is 2. The third kappa shape index (κ3) is 4.36. The fraction of sp³-hybridized carbons (Fsp3) is 0.600. The van der Waals surface area contributed by atoms with Gasteiger partial charge in [-0.2, -0.15) is 0 Å². The molecule has 0 atom stereocenters. The van der Waals surface area contributed by atoms with Gasteiger partial charge in [0.1, 0.15) is 0 Å². The molecule has 0 unspecified atom stereocenters. The molecule has 2 amide bonds. The lowest BCUT2D eigenvalue weighted by atomic mass is 9.64. The van der Waals surface area contributed by atoms with Crippen LogP contribution in [0.15, 0.2) is 30.3 Å². The summed E-state index contributed by atoms with van der Waals surface area (Å²) in [7, 11) is 0. The van der Waals surface area contributed by atoms with Crippen molar-refractivity contribution in [2.75, 3.05) is 45.9 Å². The fourth-order valence-corrected chi connectivity index (χ4v) is 3.79. The monoisotopic (exact) mass is 359 g/mol. The van der Waals surface area contributed by atoms with E-state index in [1.165, 1.54) is 12.0 Å². The Morgan fingerprint density at radius 2 is 1.81 bits per heavy atom. The van der Waals surface area contributed by atoms with Crippen molar-refractivity contribution in [2.45, 2.75) is 31.6 Å². The van der Waals surface area contributed by atoms with Crippen molar-refractivity contribution in [2.24, 2.45) is 0 Å². The Balaban J connectivity index is 1.43. The van der Waals surface area contributed by atoms with Crippen LogP contribution in [-0.2, 0) is 14.9 Å². The Hall–Kier alpha value is -2.08. The molecule has 1 aromatic carbocycles. The second kappa shape index (κ2) is 8.54. The summed E-state index contributed by atoms with van der Waals surface area (Å²) in [6.45, 7) is 5.93. The Bertz CT molecular complexity index is 608. The quantitative estimate of drug-likeness (QED) is 0.844. The highest BCUT2D eigenvalue weighted by atomic mass is 16.6. The van der Waals surface area contributed by atoms with Gasteiger partial charge in [0, 0.05) is 38.1 Å². The highest BCUT2D eigenvalue weighted by Crippen LogP contribution is 2.43. The van der Waals surface area contributed by atoms with Crippen molar-refractivity contribution in [1.29, 1.82) is 0 Å². The summed E-state index contributed by atoms with van der Waals surface area (Å²) in [4.78, 5) is 27.9. The maximum atomic E-state index is 12.4. The SMILES string of the molecule is CCOC(=O)N1CCN(CC(=O)NCC2(c3ccccc3)CCC2)CC1. The largest absolute Gasteiger partial charge is 0.450 e. The number of hydrogen-bond donors (Lipinski definition) is 1. The number of ether oxygens (including phenoxy) is 1. The number of carbonyl (C=O) groups is 2. The van der Waals surface area contributed by atoms with Gasteiger partial charge in [0.2, 0.25) is 5.91 Å². The van der Waals surface area contributed by atoms with Crippen molar-refractivity contribution in [3.8, 4) is 0 Å². The van der Waals surface area contributed by atoms with Gasteiger partial charge in [0.15, 0.2) is 0 Å². The summed E-state index contributed by atoms with van der Waals surface area (Å²) < 4.78 is 5.02. The molecule has 3 rings (SSSR count). The first kappa shape index (κ1) is 18.7. The van der Waals surface area contributed by atoms with Gasteiger partial charge in [-0.3, -0.25) is 9.69 Å². The molecular weight excluding hydrogens is 330 g/mol. The predicted octanol–water partition coefficient (Wildman–Crippen LogP) is 2.00. The molecule has 0 aromatic heterocycles. The zero-order valence-electron chi connectivity index (χ0n) is 15.6. The molecule has 1 aliphatic carbocycles. The summed E-state index contributed by atoms with van der Waals surface area (Å²) in [5.41, 5.74) is 1.44. The number of nitrogens with zero attached hydrogens (tertiary/aromatic N) is 2. The summed E-state index contributed by atoms with van der Waals surface area (Å²) in [5, 5.41) is 3.14. The van der Waals surface area contributed by atoms with E-state index in [0.717, 1.165) is 12.8 Å². The van der Waals surface area contributed by atoms with Crippen LogP contribution in [0, 0.1) is 0 Å². The lowest BCUT2D eigenvalue weighted by molar-refractivity contribution is -0.123. The Morgan fingerprint density at radius 1 is 1.12 bits per heavy atom. The molecule has 142 valence electrons. The van der Waals surface area contributed by atoms with E-state index < -0.39 is 0 Å². The third-order valence-electron chi connectivity index (χ3n) is 5.59. The van der Waals surface area contributed by atoms with Crippen LogP contribution in [0.2, 0.25) is 0 Å².